The summed E-state index contributed by atoms with van der Waals surface area (Å²) in [5.74, 6) is 0. The van der Waals surface area contributed by atoms with Gasteiger partial charge in [-0.15, -0.1) is 0 Å². The largest absolute Gasteiger partial charge is 0.390 e. The molecule has 2 unspecified atom stereocenters. The van der Waals surface area contributed by atoms with Gasteiger partial charge in [-0.2, -0.15) is 0 Å². The molecular weight excluding hydrogens is 266 g/mol. The van der Waals surface area contributed by atoms with Gasteiger partial charge in [0.1, 0.15) is 6.10 Å². The molecule has 0 aromatic heterocycles. The van der Waals surface area contributed by atoms with Gasteiger partial charge in [0.05, 0.1) is 6.10 Å². The SMILES string of the molecule is [N-]=[N+]=NCCC(O)C(O)c1ccc(-c2ccccc2)cc1. The number of hydrogen-bond acceptors (Lipinski definition) is 3. The molecule has 0 aliphatic heterocycles. The van der Waals surface area contributed by atoms with E-state index in [-0.39, 0.29) is 13.0 Å². The van der Waals surface area contributed by atoms with Crippen molar-refractivity contribution < 1.29 is 10.2 Å². The first-order chi connectivity index (χ1) is 10.2. The van der Waals surface area contributed by atoms with Crippen molar-refractivity contribution in [2.75, 3.05) is 6.54 Å². The molecule has 0 aliphatic carbocycles. The van der Waals surface area contributed by atoms with Crippen molar-refractivity contribution >= 4 is 0 Å². The molecule has 2 N–H and O–H groups in total. The summed E-state index contributed by atoms with van der Waals surface area (Å²) in [6, 6.07) is 17.3. The number of azide groups is 1. The molecule has 0 radical (unpaired) electrons. The minimum absolute atomic E-state index is 0.164. The van der Waals surface area contributed by atoms with Gasteiger partial charge in [0.15, 0.2) is 0 Å². The summed E-state index contributed by atoms with van der Waals surface area (Å²) in [5.41, 5.74) is 11.0. The number of aliphatic hydroxyl groups is 2. The highest BCUT2D eigenvalue weighted by atomic mass is 16.3. The minimum atomic E-state index is -0.983. The summed E-state index contributed by atoms with van der Waals surface area (Å²) in [6.07, 6.45) is -1.70. The Morgan fingerprint density at radius 2 is 1.57 bits per heavy atom. The average Bonchev–Trinajstić information content (AvgIpc) is 2.55. The fourth-order valence-electron chi connectivity index (χ4n) is 2.12. The molecule has 0 heterocycles. The third-order valence-electron chi connectivity index (χ3n) is 3.31. The number of rotatable bonds is 6. The highest BCUT2D eigenvalue weighted by Crippen LogP contribution is 2.24. The van der Waals surface area contributed by atoms with Crippen LogP contribution in [-0.2, 0) is 0 Å². The molecular formula is C16H17N3O2. The lowest BCUT2D eigenvalue weighted by Crippen LogP contribution is -2.19. The van der Waals surface area contributed by atoms with Gasteiger partial charge in [-0.05, 0) is 28.6 Å². The quantitative estimate of drug-likeness (QED) is 0.483. The molecule has 5 nitrogen and oxygen atoms in total. The van der Waals surface area contributed by atoms with E-state index in [1.54, 1.807) is 12.1 Å². The van der Waals surface area contributed by atoms with Crippen LogP contribution in [0, 0.1) is 0 Å². The summed E-state index contributed by atoms with van der Waals surface area (Å²) >= 11 is 0. The van der Waals surface area contributed by atoms with Crippen LogP contribution >= 0.6 is 0 Å². The van der Waals surface area contributed by atoms with E-state index in [4.69, 9.17) is 5.53 Å². The fourth-order valence-corrected chi connectivity index (χ4v) is 2.12. The van der Waals surface area contributed by atoms with E-state index < -0.39 is 12.2 Å². The molecule has 108 valence electrons. The molecule has 21 heavy (non-hydrogen) atoms. The second-order valence-corrected chi connectivity index (χ2v) is 4.74. The second-order valence-electron chi connectivity index (χ2n) is 4.74. The van der Waals surface area contributed by atoms with Crippen molar-refractivity contribution in [3.63, 3.8) is 0 Å². The van der Waals surface area contributed by atoms with Crippen LogP contribution in [0.2, 0.25) is 0 Å². The van der Waals surface area contributed by atoms with Crippen molar-refractivity contribution in [1.82, 2.24) is 0 Å². The number of nitrogens with zero attached hydrogens (tertiary/aromatic N) is 3. The summed E-state index contributed by atoms with van der Waals surface area (Å²) in [4.78, 5) is 2.62. The molecule has 2 atom stereocenters. The van der Waals surface area contributed by atoms with Crippen molar-refractivity contribution in [3.8, 4) is 11.1 Å². The summed E-state index contributed by atoms with van der Waals surface area (Å²) in [5, 5.41) is 23.3. The lowest BCUT2D eigenvalue weighted by molar-refractivity contribution is 0.0150. The summed E-state index contributed by atoms with van der Waals surface area (Å²) < 4.78 is 0. The average molecular weight is 283 g/mol. The predicted molar refractivity (Wildman–Crippen MR) is 81.5 cm³/mol. The van der Waals surface area contributed by atoms with Crippen LogP contribution in [-0.4, -0.2) is 22.9 Å². The van der Waals surface area contributed by atoms with Crippen LogP contribution in [0.15, 0.2) is 59.7 Å². The zero-order valence-corrected chi connectivity index (χ0v) is 11.5. The molecule has 0 fully saturated rings. The topological polar surface area (TPSA) is 89.2 Å². The predicted octanol–water partition coefficient (Wildman–Crippen LogP) is 3.45. The summed E-state index contributed by atoms with van der Waals surface area (Å²) in [6.45, 7) is 0.164. The maximum atomic E-state index is 10.1. The molecule has 2 rings (SSSR count). The van der Waals surface area contributed by atoms with Gasteiger partial charge in [0, 0.05) is 11.5 Å². The lowest BCUT2D eigenvalue weighted by Gasteiger charge is -2.17. The Morgan fingerprint density at radius 3 is 2.19 bits per heavy atom. The standard InChI is InChI=1S/C16H17N3O2/c17-19-18-11-10-15(20)16(21)14-8-6-13(7-9-14)12-4-2-1-3-5-12/h1-9,15-16,20-21H,10-11H2. The second kappa shape index (κ2) is 7.45. The van der Waals surface area contributed by atoms with Gasteiger partial charge in [-0.1, -0.05) is 59.7 Å². The maximum Gasteiger partial charge on any atom is 0.105 e. The lowest BCUT2D eigenvalue weighted by atomic mass is 9.98. The zero-order valence-electron chi connectivity index (χ0n) is 11.5. The first kappa shape index (κ1) is 15.1. The molecule has 0 spiro atoms. The van der Waals surface area contributed by atoms with Crippen molar-refractivity contribution in [1.29, 1.82) is 0 Å². The third-order valence-corrected chi connectivity index (χ3v) is 3.31. The molecule has 0 aliphatic rings. The molecule has 2 aromatic rings. The Balaban J connectivity index is 2.06. The Hall–Kier alpha value is -2.33. The smallest absolute Gasteiger partial charge is 0.105 e. The van der Waals surface area contributed by atoms with E-state index in [9.17, 15) is 10.2 Å². The molecule has 2 aromatic carbocycles. The fraction of sp³-hybridized carbons (Fsp3) is 0.250. The van der Waals surface area contributed by atoms with E-state index in [1.165, 1.54) is 0 Å². The van der Waals surface area contributed by atoms with Gasteiger partial charge in [-0.25, -0.2) is 0 Å². The molecule has 5 heteroatoms. The van der Waals surface area contributed by atoms with E-state index in [0.717, 1.165) is 11.1 Å². The van der Waals surface area contributed by atoms with Crippen LogP contribution in [0.25, 0.3) is 21.6 Å². The Kier molecular flexibility index (Phi) is 5.35. The Labute approximate surface area is 123 Å². The van der Waals surface area contributed by atoms with E-state index >= 15 is 0 Å². The number of aliphatic hydroxyl groups excluding tert-OH is 2. The van der Waals surface area contributed by atoms with Crippen LogP contribution in [0.4, 0.5) is 0 Å². The van der Waals surface area contributed by atoms with E-state index in [0.29, 0.717) is 5.56 Å². The van der Waals surface area contributed by atoms with Gasteiger partial charge in [-0.3, -0.25) is 0 Å². The molecule has 0 saturated carbocycles. The Morgan fingerprint density at radius 1 is 0.952 bits per heavy atom. The van der Waals surface area contributed by atoms with Crippen LogP contribution in [0.1, 0.15) is 18.1 Å². The highest BCUT2D eigenvalue weighted by Gasteiger charge is 2.17. The van der Waals surface area contributed by atoms with Gasteiger partial charge in [0.25, 0.3) is 0 Å². The van der Waals surface area contributed by atoms with Crippen LogP contribution < -0.4 is 0 Å². The monoisotopic (exact) mass is 283 g/mol. The van der Waals surface area contributed by atoms with Crippen molar-refractivity contribution in [3.05, 3.63) is 70.6 Å². The number of hydrogen-bond donors (Lipinski definition) is 2. The van der Waals surface area contributed by atoms with Crippen molar-refractivity contribution in [2.24, 2.45) is 5.11 Å². The van der Waals surface area contributed by atoms with Crippen LogP contribution in [0.5, 0.6) is 0 Å². The van der Waals surface area contributed by atoms with E-state index in [2.05, 4.69) is 10.0 Å². The van der Waals surface area contributed by atoms with E-state index in [1.807, 2.05) is 42.5 Å². The third kappa shape index (κ3) is 4.07. The molecule has 0 bridgehead atoms. The molecule has 0 saturated heterocycles. The summed E-state index contributed by atoms with van der Waals surface area (Å²) in [7, 11) is 0. The zero-order chi connectivity index (χ0) is 15.1. The Bertz CT molecular complexity index is 607. The minimum Gasteiger partial charge on any atom is -0.390 e. The van der Waals surface area contributed by atoms with Gasteiger partial charge >= 0.3 is 0 Å². The van der Waals surface area contributed by atoms with Crippen LogP contribution in [0.3, 0.4) is 0 Å². The molecule has 0 amide bonds. The number of benzene rings is 2. The van der Waals surface area contributed by atoms with Crippen molar-refractivity contribution in [2.45, 2.75) is 18.6 Å². The normalized spacial score (nSPS) is 13.2. The van der Waals surface area contributed by atoms with Gasteiger partial charge in [0.2, 0.25) is 0 Å². The highest BCUT2D eigenvalue weighted by molar-refractivity contribution is 5.63. The first-order valence-electron chi connectivity index (χ1n) is 6.74. The maximum absolute atomic E-state index is 10.1. The first-order valence-corrected chi connectivity index (χ1v) is 6.74. The van der Waals surface area contributed by atoms with Gasteiger partial charge < -0.3 is 10.2 Å².